The first-order valence-corrected chi connectivity index (χ1v) is 8.10. The van der Waals surface area contributed by atoms with Gasteiger partial charge in [0.1, 0.15) is 0 Å². The summed E-state index contributed by atoms with van der Waals surface area (Å²) >= 11 is 0. The Labute approximate surface area is 130 Å². The first-order chi connectivity index (χ1) is 9.96. The average Bonchev–Trinajstić information content (AvgIpc) is 2.54. The summed E-state index contributed by atoms with van der Waals surface area (Å²) < 4.78 is 0. The van der Waals surface area contributed by atoms with E-state index in [4.69, 9.17) is 4.99 Å². The second kappa shape index (κ2) is 8.76. The van der Waals surface area contributed by atoms with Gasteiger partial charge in [-0.3, -0.25) is 9.98 Å². The van der Waals surface area contributed by atoms with Gasteiger partial charge in [-0.15, -0.1) is 0 Å². The van der Waals surface area contributed by atoms with E-state index < -0.39 is 0 Å². The Bertz CT molecular complexity index is 490. The van der Waals surface area contributed by atoms with Gasteiger partial charge in [-0.05, 0) is 64.5 Å². The van der Waals surface area contributed by atoms with Crippen LogP contribution in [0.5, 0.6) is 0 Å². The fourth-order valence-corrected chi connectivity index (χ4v) is 2.59. The standard InChI is InChI=1S/C19H30N2/c1-7-9-14(3)10-11-15(4)21-19-13-17(6)20-16(5)12-18(19)8-2/h7,9,12-14,16H,8,10-11H2,1-6H3. The van der Waals surface area contributed by atoms with Crippen LogP contribution in [0.25, 0.3) is 0 Å². The van der Waals surface area contributed by atoms with Crippen LogP contribution in [-0.2, 0) is 0 Å². The lowest BCUT2D eigenvalue weighted by Crippen LogP contribution is -1.99. The highest BCUT2D eigenvalue weighted by Gasteiger charge is 2.10. The van der Waals surface area contributed by atoms with Crippen LogP contribution < -0.4 is 0 Å². The van der Waals surface area contributed by atoms with Crippen molar-refractivity contribution < 1.29 is 0 Å². The average molecular weight is 286 g/mol. The van der Waals surface area contributed by atoms with Crippen molar-refractivity contribution in [3.05, 3.63) is 35.6 Å². The van der Waals surface area contributed by atoms with E-state index in [9.17, 15) is 0 Å². The van der Waals surface area contributed by atoms with Crippen LogP contribution in [0, 0.1) is 5.92 Å². The van der Waals surface area contributed by atoms with Crippen molar-refractivity contribution in [2.45, 2.75) is 66.8 Å². The molecule has 0 saturated heterocycles. The predicted octanol–water partition coefficient (Wildman–Crippen LogP) is 5.52. The largest absolute Gasteiger partial charge is 0.283 e. The predicted molar refractivity (Wildman–Crippen MR) is 95.3 cm³/mol. The van der Waals surface area contributed by atoms with E-state index in [0.717, 1.165) is 30.7 Å². The Morgan fingerprint density at radius 1 is 1.48 bits per heavy atom. The maximum atomic E-state index is 4.87. The first-order valence-electron chi connectivity index (χ1n) is 8.10. The molecule has 0 radical (unpaired) electrons. The zero-order valence-corrected chi connectivity index (χ0v) is 14.5. The number of hydrogen-bond donors (Lipinski definition) is 0. The summed E-state index contributed by atoms with van der Waals surface area (Å²) in [5.74, 6) is 0.618. The van der Waals surface area contributed by atoms with Gasteiger partial charge in [0.2, 0.25) is 0 Å². The Kier molecular flexibility index (Phi) is 7.35. The van der Waals surface area contributed by atoms with Gasteiger partial charge in [-0.1, -0.05) is 32.1 Å². The number of hydrogen-bond acceptors (Lipinski definition) is 2. The molecular weight excluding hydrogens is 256 g/mol. The van der Waals surface area contributed by atoms with Crippen molar-refractivity contribution in [2.75, 3.05) is 0 Å². The summed E-state index contributed by atoms with van der Waals surface area (Å²) in [6, 6.07) is 0.249. The lowest BCUT2D eigenvalue weighted by molar-refractivity contribution is 0.668. The van der Waals surface area contributed by atoms with E-state index >= 15 is 0 Å². The number of nitrogens with zero attached hydrogens (tertiary/aromatic N) is 2. The van der Waals surface area contributed by atoms with Crippen molar-refractivity contribution >= 4 is 11.4 Å². The molecule has 0 aromatic rings. The molecule has 1 rings (SSSR count). The summed E-state index contributed by atoms with van der Waals surface area (Å²) in [5, 5.41) is 0. The minimum absolute atomic E-state index is 0.249. The highest BCUT2D eigenvalue weighted by molar-refractivity contribution is 5.95. The van der Waals surface area contributed by atoms with Gasteiger partial charge in [-0.25, -0.2) is 0 Å². The molecule has 0 N–H and O–H groups in total. The molecule has 21 heavy (non-hydrogen) atoms. The Balaban J connectivity index is 2.84. The normalized spacial score (nSPS) is 21.7. The molecule has 1 aliphatic rings. The molecule has 0 saturated carbocycles. The van der Waals surface area contributed by atoms with Crippen LogP contribution >= 0.6 is 0 Å². The minimum Gasteiger partial charge on any atom is -0.283 e. The molecule has 0 aromatic carbocycles. The van der Waals surface area contributed by atoms with Gasteiger partial charge in [0, 0.05) is 11.4 Å². The number of aliphatic imine (C=N–C) groups is 2. The van der Waals surface area contributed by atoms with Crippen molar-refractivity contribution in [1.82, 2.24) is 0 Å². The van der Waals surface area contributed by atoms with Crippen LogP contribution in [0.4, 0.5) is 0 Å². The van der Waals surface area contributed by atoms with Crippen LogP contribution in [0.15, 0.2) is 45.6 Å². The van der Waals surface area contributed by atoms with Crippen molar-refractivity contribution in [3.8, 4) is 0 Å². The van der Waals surface area contributed by atoms with Crippen molar-refractivity contribution in [3.63, 3.8) is 0 Å². The molecule has 2 unspecified atom stereocenters. The zero-order chi connectivity index (χ0) is 15.8. The Morgan fingerprint density at radius 2 is 2.19 bits per heavy atom. The second-order valence-corrected chi connectivity index (χ2v) is 5.97. The molecule has 2 heteroatoms. The second-order valence-electron chi connectivity index (χ2n) is 5.97. The van der Waals surface area contributed by atoms with E-state index in [0.29, 0.717) is 5.92 Å². The maximum absolute atomic E-state index is 4.87. The third-order valence-electron chi connectivity index (χ3n) is 3.70. The molecule has 0 amide bonds. The van der Waals surface area contributed by atoms with E-state index in [1.807, 2.05) is 0 Å². The summed E-state index contributed by atoms with van der Waals surface area (Å²) in [6.07, 6.45) is 12.0. The monoisotopic (exact) mass is 286 g/mol. The van der Waals surface area contributed by atoms with Crippen LogP contribution in [0.3, 0.4) is 0 Å². The van der Waals surface area contributed by atoms with Crippen LogP contribution in [0.2, 0.25) is 0 Å². The van der Waals surface area contributed by atoms with Gasteiger partial charge in [0.25, 0.3) is 0 Å². The molecule has 1 heterocycles. The number of allylic oxidation sites excluding steroid dienone is 4. The molecule has 0 spiro atoms. The van der Waals surface area contributed by atoms with Gasteiger partial charge >= 0.3 is 0 Å². The Hall–Kier alpha value is -1.44. The summed E-state index contributed by atoms with van der Waals surface area (Å²) in [6.45, 7) is 12.8. The van der Waals surface area contributed by atoms with Gasteiger partial charge in [-0.2, -0.15) is 0 Å². The molecule has 0 fully saturated rings. The lowest BCUT2D eigenvalue weighted by Gasteiger charge is -2.09. The molecular formula is C19H30N2. The van der Waals surface area contributed by atoms with E-state index in [1.165, 1.54) is 11.3 Å². The fourth-order valence-electron chi connectivity index (χ4n) is 2.59. The molecule has 0 aliphatic carbocycles. The van der Waals surface area contributed by atoms with Crippen LogP contribution in [0.1, 0.15) is 60.8 Å². The smallest absolute Gasteiger partial charge is 0.0676 e. The topological polar surface area (TPSA) is 24.7 Å². The third-order valence-corrected chi connectivity index (χ3v) is 3.70. The van der Waals surface area contributed by atoms with Gasteiger partial charge in [0.05, 0.1) is 11.7 Å². The van der Waals surface area contributed by atoms with Gasteiger partial charge < -0.3 is 0 Å². The highest BCUT2D eigenvalue weighted by Crippen LogP contribution is 2.21. The van der Waals surface area contributed by atoms with Gasteiger partial charge in [0.15, 0.2) is 0 Å². The number of rotatable bonds is 6. The molecule has 1 aliphatic heterocycles. The molecule has 116 valence electrons. The highest BCUT2D eigenvalue weighted by atomic mass is 14.8. The lowest BCUT2D eigenvalue weighted by atomic mass is 10.0. The SMILES string of the molecule is CC=CC(C)CCC(C)=NC1=CC(C)=NC(C)C=C1CC. The zero-order valence-electron chi connectivity index (χ0n) is 14.5. The van der Waals surface area contributed by atoms with Crippen molar-refractivity contribution in [2.24, 2.45) is 15.9 Å². The van der Waals surface area contributed by atoms with E-state index in [-0.39, 0.29) is 6.04 Å². The summed E-state index contributed by atoms with van der Waals surface area (Å²) in [7, 11) is 0. The first kappa shape index (κ1) is 17.6. The quantitative estimate of drug-likeness (QED) is 0.453. The fraction of sp³-hybridized carbons (Fsp3) is 0.579. The molecule has 2 nitrogen and oxygen atoms in total. The van der Waals surface area contributed by atoms with Crippen molar-refractivity contribution in [1.29, 1.82) is 0 Å². The molecule has 0 bridgehead atoms. The maximum Gasteiger partial charge on any atom is 0.0676 e. The third kappa shape index (κ3) is 6.24. The van der Waals surface area contributed by atoms with Crippen LogP contribution in [-0.4, -0.2) is 17.5 Å². The van der Waals surface area contributed by atoms with E-state index in [2.05, 4.69) is 70.8 Å². The molecule has 0 aromatic heterocycles. The molecule has 2 atom stereocenters. The Morgan fingerprint density at radius 3 is 2.81 bits per heavy atom. The summed E-state index contributed by atoms with van der Waals surface area (Å²) in [5.41, 5.74) is 4.68. The summed E-state index contributed by atoms with van der Waals surface area (Å²) in [4.78, 5) is 9.49. The van der Waals surface area contributed by atoms with E-state index in [1.54, 1.807) is 0 Å². The minimum atomic E-state index is 0.249.